The number of methoxy groups -OCH3 is 1. The van der Waals surface area contributed by atoms with E-state index >= 15 is 0 Å². The number of benzene rings is 1. The topological polar surface area (TPSA) is 84.4 Å². The molecule has 154 valence electrons. The van der Waals surface area contributed by atoms with Gasteiger partial charge in [-0.15, -0.1) is 0 Å². The number of amides is 2. The van der Waals surface area contributed by atoms with Gasteiger partial charge in [0.05, 0.1) is 17.6 Å². The van der Waals surface area contributed by atoms with Crippen molar-refractivity contribution < 1.29 is 14.3 Å². The molecule has 0 saturated carbocycles. The molecule has 0 bridgehead atoms. The number of nitrogens with zero attached hydrogens (tertiary/aromatic N) is 3. The molecule has 0 unspecified atom stereocenters. The summed E-state index contributed by atoms with van der Waals surface area (Å²) in [5.74, 6) is -0.112. The summed E-state index contributed by atoms with van der Waals surface area (Å²) in [5.41, 5.74) is 2.06. The number of hydrogen-bond acceptors (Lipinski definition) is 5. The zero-order chi connectivity index (χ0) is 21.1. The van der Waals surface area contributed by atoms with E-state index in [-0.39, 0.29) is 5.92 Å². The number of halogens is 1. The highest BCUT2D eigenvalue weighted by atomic mass is 35.5. The molecule has 1 aromatic carbocycles. The van der Waals surface area contributed by atoms with Crippen molar-refractivity contribution in [3.05, 3.63) is 59.2 Å². The van der Waals surface area contributed by atoms with E-state index in [1.54, 1.807) is 24.1 Å². The van der Waals surface area contributed by atoms with Gasteiger partial charge >= 0.3 is 11.8 Å². The zero-order valence-electron chi connectivity index (χ0n) is 16.5. The average Bonchev–Trinajstić information content (AvgIpc) is 2.79. The number of rotatable bonds is 3. The summed E-state index contributed by atoms with van der Waals surface area (Å²) in [6, 6.07) is 13.1. The molecule has 1 aliphatic heterocycles. The quantitative estimate of drug-likeness (QED) is 0.649. The van der Waals surface area contributed by atoms with E-state index in [1.807, 2.05) is 24.3 Å². The SMILES string of the molecule is COc1cc(C2CCN(C(=O)C(=O)Nc3ccc(Cl)cn3)CC2)c2ccccc2n1. The first-order valence-electron chi connectivity index (χ1n) is 9.70. The van der Waals surface area contributed by atoms with Gasteiger partial charge in [-0.3, -0.25) is 9.59 Å². The molecule has 0 aliphatic carbocycles. The van der Waals surface area contributed by atoms with Crippen LogP contribution in [0.4, 0.5) is 5.82 Å². The molecule has 3 aromatic rings. The Morgan fingerprint density at radius 3 is 2.63 bits per heavy atom. The normalized spacial score (nSPS) is 14.5. The van der Waals surface area contributed by atoms with E-state index < -0.39 is 11.8 Å². The van der Waals surface area contributed by atoms with Crippen LogP contribution in [0, 0.1) is 0 Å². The predicted molar refractivity (Wildman–Crippen MR) is 115 cm³/mol. The van der Waals surface area contributed by atoms with Gasteiger partial charge in [0.15, 0.2) is 0 Å². The van der Waals surface area contributed by atoms with Gasteiger partial charge in [0.25, 0.3) is 0 Å². The second kappa shape index (κ2) is 8.67. The van der Waals surface area contributed by atoms with Crippen molar-refractivity contribution >= 4 is 40.1 Å². The number of aromatic nitrogens is 2. The minimum atomic E-state index is -0.695. The van der Waals surface area contributed by atoms with E-state index in [0.717, 1.165) is 23.7 Å². The van der Waals surface area contributed by atoms with E-state index in [0.29, 0.717) is 29.8 Å². The van der Waals surface area contributed by atoms with Crippen LogP contribution in [0.15, 0.2) is 48.7 Å². The number of pyridine rings is 2. The lowest BCUT2D eigenvalue weighted by Gasteiger charge is -2.32. The Bertz CT molecular complexity index is 1080. The molecule has 7 nitrogen and oxygen atoms in total. The number of carbonyl (C=O) groups excluding carboxylic acids is 2. The van der Waals surface area contributed by atoms with E-state index in [2.05, 4.69) is 21.4 Å². The van der Waals surface area contributed by atoms with Gasteiger partial charge < -0.3 is 15.0 Å². The number of nitrogens with one attached hydrogen (secondary N) is 1. The van der Waals surface area contributed by atoms with Crippen LogP contribution >= 0.6 is 11.6 Å². The smallest absolute Gasteiger partial charge is 0.315 e. The average molecular weight is 425 g/mol. The Kier molecular flexibility index (Phi) is 5.81. The third kappa shape index (κ3) is 4.21. The van der Waals surface area contributed by atoms with Crippen LogP contribution < -0.4 is 10.1 Å². The lowest BCUT2D eigenvalue weighted by molar-refractivity contribution is -0.143. The van der Waals surface area contributed by atoms with Gasteiger partial charge in [-0.2, -0.15) is 0 Å². The third-order valence-corrected chi connectivity index (χ3v) is 5.54. The van der Waals surface area contributed by atoms with Gasteiger partial charge in [0.2, 0.25) is 5.88 Å². The van der Waals surface area contributed by atoms with Gasteiger partial charge in [-0.05, 0) is 42.5 Å². The van der Waals surface area contributed by atoms with Crippen LogP contribution in [0.2, 0.25) is 5.02 Å². The molecule has 2 aromatic heterocycles. The number of fused-ring (bicyclic) bond motifs is 1. The Labute approximate surface area is 179 Å². The Morgan fingerprint density at radius 1 is 1.17 bits per heavy atom. The van der Waals surface area contributed by atoms with Gasteiger partial charge in [-0.25, -0.2) is 9.97 Å². The van der Waals surface area contributed by atoms with E-state index in [9.17, 15) is 9.59 Å². The first kappa shape index (κ1) is 20.1. The minimum absolute atomic E-state index is 0.261. The van der Waals surface area contributed by atoms with Gasteiger partial charge in [-0.1, -0.05) is 29.8 Å². The van der Waals surface area contributed by atoms with Crippen molar-refractivity contribution in [1.29, 1.82) is 0 Å². The molecule has 1 saturated heterocycles. The summed E-state index contributed by atoms with van der Waals surface area (Å²) in [7, 11) is 1.61. The maximum Gasteiger partial charge on any atom is 0.315 e. The Hall–Kier alpha value is -3.19. The number of carbonyl (C=O) groups is 2. The first-order valence-corrected chi connectivity index (χ1v) is 10.1. The monoisotopic (exact) mass is 424 g/mol. The molecular weight excluding hydrogens is 404 g/mol. The molecule has 0 radical (unpaired) electrons. The fourth-order valence-corrected chi connectivity index (χ4v) is 3.89. The number of hydrogen-bond donors (Lipinski definition) is 1. The highest BCUT2D eigenvalue weighted by molar-refractivity contribution is 6.39. The number of ether oxygens (including phenoxy) is 1. The molecule has 30 heavy (non-hydrogen) atoms. The summed E-state index contributed by atoms with van der Waals surface area (Å²) < 4.78 is 5.37. The van der Waals surface area contributed by atoms with Crippen LogP contribution in [0.1, 0.15) is 24.3 Å². The standard InChI is InChI=1S/C22H21ClN4O3/c1-30-20-12-17(16-4-2-3-5-18(16)25-20)14-8-10-27(11-9-14)22(29)21(28)26-19-7-6-15(23)13-24-19/h2-7,12-14H,8-11H2,1H3,(H,24,26,28). The molecule has 2 amide bonds. The fourth-order valence-electron chi connectivity index (χ4n) is 3.78. The van der Waals surface area contributed by atoms with Crippen LogP contribution in [0.25, 0.3) is 10.9 Å². The van der Waals surface area contributed by atoms with Crippen LogP contribution in [0.5, 0.6) is 5.88 Å². The van der Waals surface area contributed by atoms with Crippen molar-refractivity contribution in [3.8, 4) is 5.88 Å². The molecule has 0 atom stereocenters. The molecule has 4 rings (SSSR count). The summed E-state index contributed by atoms with van der Waals surface area (Å²) >= 11 is 5.79. The maximum absolute atomic E-state index is 12.6. The molecule has 1 N–H and O–H groups in total. The third-order valence-electron chi connectivity index (χ3n) is 5.32. The van der Waals surface area contributed by atoms with Crippen molar-refractivity contribution in [2.24, 2.45) is 0 Å². The lowest BCUT2D eigenvalue weighted by atomic mass is 9.87. The number of piperidine rings is 1. The van der Waals surface area contributed by atoms with E-state index in [1.165, 1.54) is 11.8 Å². The van der Waals surface area contributed by atoms with Crippen molar-refractivity contribution in [1.82, 2.24) is 14.9 Å². The van der Waals surface area contributed by atoms with Gasteiger partial charge in [0.1, 0.15) is 5.82 Å². The molecule has 3 heterocycles. The fraction of sp³-hybridized carbons (Fsp3) is 0.273. The molecule has 0 spiro atoms. The molecular formula is C22H21ClN4O3. The maximum atomic E-state index is 12.6. The zero-order valence-corrected chi connectivity index (χ0v) is 17.2. The van der Waals surface area contributed by atoms with Crippen molar-refractivity contribution in [2.75, 3.05) is 25.5 Å². The minimum Gasteiger partial charge on any atom is -0.481 e. The Balaban J connectivity index is 1.44. The van der Waals surface area contributed by atoms with Crippen molar-refractivity contribution in [2.45, 2.75) is 18.8 Å². The Morgan fingerprint density at radius 2 is 1.93 bits per heavy atom. The van der Waals surface area contributed by atoms with Crippen molar-refractivity contribution in [3.63, 3.8) is 0 Å². The number of para-hydroxylation sites is 1. The second-order valence-electron chi connectivity index (χ2n) is 7.15. The molecule has 8 heteroatoms. The van der Waals surface area contributed by atoms with Crippen LogP contribution in [-0.4, -0.2) is 46.9 Å². The number of likely N-dealkylation sites (tertiary alicyclic amines) is 1. The summed E-state index contributed by atoms with van der Waals surface area (Å²) in [4.78, 5) is 34.9. The summed E-state index contributed by atoms with van der Waals surface area (Å²) in [6.45, 7) is 1.01. The predicted octanol–water partition coefficient (Wildman–Crippen LogP) is 3.64. The van der Waals surface area contributed by atoms with Gasteiger partial charge in [0, 0.05) is 30.7 Å². The lowest BCUT2D eigenvalue weighted by Crippen LogP contribution is -2.43. The summed E-state index contributed by atoms with van der Waals surface area (Å²) in [5, 5.41) is 4.08. The largest absolute Gasteiger partial charge is 0.481 e. The highest BCUT2D eigenvalue weighted by Crippen LogP contribution is 2.34. The molecule has 1 aliphatic rings. The highest BCUT2D eigenvalue weighted by Gasteiger charge is 2.29. The summed E-state index contributed by atoms with van der Waals surface area (Å²) in [6.07, 6.45) is 2.94. The van der Waals surface area contributed by atoms with Crippen LogP contribution in [-0.2, 0) is 9.59 Å². The van der Waals surface area contributed by atoms with Crippen LogP contribution in [0.3, 0.4) is 0 Å². The number of anilines is 1. The van der Waals surface area contributed by atoms with E-state index in [4.69, 9.17) is 16.3 Å². The molecule has 1 fully saturated rings. The second-order valence-corrected chi connectivity index (χ2v) is 7.59. The first-order chi connectivity index (χ1) is 14.5.